The van der Waals surface area contributed by atoms with Gasteiger partial charge >= 0.3 is 5.97 Å². The lowest BCUT2D eigenvalue weighted by Gasteiger charge is -2.12. The maximum atomic E-state index is 12.3. The number of aromatic carboxylic acids is 1. The van der Waals surface area contributed by atoms with Crippen LogP contribution in [0.3, 0.4) is 0 Å². The van der Waals surface area contributed by atoms with E-state index in [9.17, 15) is 14.4 Å². The van der Waals surface area contributed by atoms with Crippen molar-refractivity contribution in [3.8, 4) is 0 Å². The van der Waals surface area contributed by atoms with Gasteiger partial charge in [-0.2, -0.15) is 10.2 Å². The van der Waals surface area contributed by atoms with Gasteiger partial charge in [0.2, 0.25) is 5.91 Å². The number of carboxylic acid groups (broad SMARTS) is 1. The average molecular weight is 320 g/mol. The Hall–Kier alpha value is -3.17. The van der Waals surface area contributed by atoms with E-state index in [0.717, 1.165) is 6.20 Å². The molecule has 0 spiro atoms. The zero-order chi connectivity index (χ0) is 17.1. The fraction of sp³-hybridized carbons (Fsp3) is 0.308. The van der Waals surface area contributed by atoms with Crippen molar-refractivity contribution in [3.63, 3.8) is 0 Å². The summed E-state index contributed by atoms with van der Waals surface area (Å²) in [6.07, 6.45) is 3.92. The maximum Gasteiger partial charge on any atom is 0.338 e. The quantitative estimate of drug-likeness (QED) is 0.703. The molecule has 2 aromatic heterocycles. The Labute approximate surface area is 131 Å². The second-order valence-corrected chi connectivity index (χ2v) is 4.82. The molecular formula is C13H16N6O4. The third-order valence-corrected chi connectivity index (χ3v) is 3.15. The highest BCUT2D eigenvalue weighted by atomic mass is 16.4. The molecule has 0 aliphatic rings. The minimum Gasteiger partial charge on any atom is -0.478 e. The van der Waals surface area contributed by atoms with Crippen LogP contribution < -0.4 is 10.6 Å². The molecule has 0 saturated heterocycles. The molecule has 0 aliphatic heterocycles. The molecule has 10 heteroatoms. The molecular weight excluding hydrogens is 304 g/mol. The fourth-order valence-electron chi connectivity index (χ4n) is 1.88. The van der Waals surface area contributed by atoms with Crippen LogP contribution in [0.2, 0.25) is 0 Å². The monoisotopic (exact) mass is 320 g/mol. The second kappa shape index (κ2) is 6.30. The molecule has 0 radical (unpaired) electrons. The van der Waals surface area contributed by atoms with Crippen molar-refractivity contribution in [2.75, 3.05) is 12.4 Å². The van der Waals surface area contributed by atoms with E-state index >= 15 is 0 Å². The highest BCUT2D eigenvalue weighted by Gasteiger charge is 2.22. The van der Waals surface area contributed by atoms with E-state index in [1.807, 2.05) is 0 Å². The summed E-state index contributed by atoms with van der Waals surface area (Å²) in [6.45, 7) is 1.56. The minimum atomic E-state index is -1.13. The Morgan fingerprint density at radius 2 is 2.00 bits per heavy atom. The lowest BCUT2D eigenvalue weighted by Crippen LogP contribution is -2.26. The lowest BCUT2D eigenvalue weighted by molar-refractivity contribution is -0.119. The number of aryl methyl sites for hydroxylation is 1. The SMILES string of the molecule is CNC(=O)c1nn(C)cc1NC(=O)C(C)n1cc(C(=O)O)cn1. The van der Waals surface area contributed by atoms with Gasteiger partial charge in [-0.1, -0.05) is 0 Å². The van der Waals surface area contributed by atoms with E-state index in [1.165, 1.54) is 28.8 Å². The molecule has 2 aromatic rings. The molecule has 122 valence electrons. The van der Waals surface area contributed by atoms with E-state index in [4.69, 9.17) is 5.11 Å². The van der Waals surface area contributed by atoms with Crippen molar-refractivity contribution in [2.24, 2.45) is 7.05 Å². The van der Waals surface area contributed by atoms with Crippen molar-refractivity contribution in [2.45, 2.75) is 13.0 Å². The molecule has 2 amide bonds. The van der Waals surface area contributed by atoms with Crippen LogP contribution in [-0.2, 0) is 11.8 Å². The highest BCUT2D eigenvalue weighted by Crippen LogP contribution is 2.16. The van der Waals surface area contributed by atoms with Crippen molar-refractivity contribution in [1.82, 2.24) is 24.9 Å². The summed E-state index contributed by atoms with van der Waals surface area (Å²) in [5.41, 5.74) is 0.327. The molecule has 2 rings (SSSR count). The van der Waals surface area contributed by atoms with Gasteiger partial charge in [0, 0.05) is 26.5 Å². The van der Waals surface area contributed by atoms with Crippen molar-refractivity contribution in [3.05, 3.63) is 29.8 Å². The van der Waals surface area contributed by atoms with Crippen LogP contribution in [0.25, 0.3) is 0 Å². The van der Waals surface area contributed by atoms with E-state index in [-0.39, 0.29) is 16.9 Å². The Balaban J connectivity index is 2.18. The van der Waals surface area contributed by atoms with Gasteiger partial charge in [0.1, 0.15) is 6.04 Å². The van der Waals surface area contributed by atoms with Gasteiger partial charge in [0.15, 0.2) is 5.69 Å². The van der Waals surface area contributed by atoms with E-state index in [0.29, 0.717) is 0 Å². The summed E-state index contributed by atoms with van der Waals surface area (Å²) in [6, 6.07) is -0.763. The normalized spacial score (nSPS) is 11.8. The van der Waals surface area contributed by atoms with Crippen LogP contribution in [0.5, 0.6) is 0 Å². The molecule has 23 heavy (non-hydrogen) atoms. The Kier molecular flexibility index (Phi) is 4.44. The Morgan fingerprint density at radius 1 is 1.30 bits per heavy atom. The zero-order valence-electron chi connectivity index (χ0n) is 12.8. The Bertz CT molecular complexity index is 762. The first kappa shape index (κ1) is 16.2. The lowest BCUT2D eigenvalue weighted by atomic mass is 10.3. The zero-order valence-corrected chi connectivity index (χ0v) is 12.8. The number of anilines is 1. The van der Waals surface area contributed by atoms with Gasteiger partial charge in [-0.05, 0) is 6.92 Å². The van der Waals surface area contributed by atoms with Gasteiger partial charge in [0.25, 0.3) is 5.91 Å². The van der Waals surface area contributed by atoms with E-state index < -0.39 is 23.8 Å². The van der Waals surface area contributed by atoms with Gasteiger partial charge in [-0.3, -0.25) is 19.0 Å². The Morgan fingerprint density at radius 3 is 2.57 bits per heavy atom. The molecule has 0 aromatic carbocycles. The summed E-state index contributed by atoms with van der Waals surface area (Å²) in [4.78, 5) is 34.8. The van der Waals surface area contributed by atoms with Crippen LogP contribution >= 0.6 is 0 Å². The molecule has 1 atom stereocenters. The number of nitrogens with zero attached hydrogens (tertiary/aromatic N) is 4. The molecule has 0 aliphatic carbocycles. The first-order valence-electron chi connectivity index (χ1n) is 6.67. The van der Waals surface area contributed by atoms with E-state index in [2.05, 4.69) is 20.8 Å². The van der Waals surface area contributed by atoms with Crippen LogP contribution in [0, 0.1) is 0 Å². The predicted octanol–water partition coefficient (Wildman–Crippen LogP) is -0.126. The highest BCUT2D eigenvalue weighted by molar-refractivity contribution is 6.02. The van der Waals surface area contributed by atoms with Gasteiger partial charge in [-0.25, -0.2) is 4.79 Å². The third kappa shape index (κ3) is 3.36. The molecule has 10 nitrogen and oxygen atoms in total. The summed E-state index contributed by atoms with van der Waals surface area (Å²) >= 11 is 0. The predicted molar refractivity (Wildman–Crippen MR) is 79.1 cm³/mol. The number of hydrogen-bond donors (Lipinski definition) is 3. The fourth-order valence-corrected chi connectivity index (χ4v) is 1.88. The first-order chi connectivity index (χ1) is 10.8. The third-order valence-electron chi connectivity index (χ3n) is 3.15. The van der Waals surface area contributed by atoms with E-state index in [1.54, 1.807) is 14.0 Å². The molecule has 3 N–H and O–H groups in total. The van der Waals surface area contributed by atoms with Crippen LogP contribution in [0.4, 0.5) is 5.69 Å². The van der Waals surface area contributed by atoms with Crippen molar-refractivity contribution >= 4 is 23.5 Å². The summed E-state index contributed by atoms with van der Waals surface area (Å²) < 4.78 is 2.63. The molecule has 1 unspecified atom stereocenters. The smallest absolute Gasteiger partial charge is 0.338 e. The summed E-state index contributed by atoms with van der Waals surface area (Å²) in [7, 11) is 3.08. The second-order valence-electron chi connectivity index (χ2n) is 4.82. The average Bonchev–Trinajstić information content (AvgIpc) is 3.12. The van der Waals surface area contributed by atoms with Crippen molar-refractivity contribution in [1.29, 1.82) is 0 Å². The molecule has 2 heterocycles. The number of hydrogen-bond acceptors (Lipinski definition) is 5. The van der Waals surface area contributed by atoms with Crippen LogP contribution in [0.15, 0.2) is 18.6 Å². The number of carbonyl (C=O) groups is 3. The number of nitrogens with one attached hydrogen (secondary N) is 2. The first-order valence-corrected chi connectivity index (χ1v) is 6.67. The van der Waals surface area contributed by atoms with Crippen LogP contribution in [-0.4, -0.2) is 49.5 Å². The standard InChI is InChI=1S/C13H16N6O4/c1-7(19-5-8(4-15-19)13(22)23)11(20)16-9-6-18(3)17-10(9)12(21)14-2/h4-7H,1-3H3,(H,14,21)(H,16,20)(H,22,23). The molecule has 0 bridgehead atoms. The topological polar surface area (TPSA) is 131 Å². The van der Waals surface area contributed by atoms with Gasteiger partial charge in [-0.15, -0.1) is 0 Å². The van der Waals surface area contributed by atoms with Crippen LogP contribution in [0.1, 0.15) is 33.8 Å². The van der Waals surface area contributed by atoms with Gasteiger partial charge < -0.3 is 15.7 Å². The number of carbonyl (C=O) groups excluding carboxylic acids is 2. The summed E-state index contributed by atoms with van der Waals surface area (Å²) in [5.74, 6) is -2.01. The molecule has 0 fully saturated rings. The number of amides is 2. The summed E-state index contributed by atoms with van der Waals surface area (Å²) in [5, 5.41) is 21.7. The maximum absolute atomic E-state index is 12.3. The van der Waals surface area contributed by atoms with Crippen molar-refractivity contribution < 1.29 is 19.5 Å². The largest absolute Gasteiger partial charge is 0.478 e. The number of aromatic nitrogens is 4. The number of carboxylic acids is 1. The van der Waals surface area contributed by atoms with Gasteiger partial charge in [0.05, 0.1) is 17.4 Å². The molecule has 0 saturated carbocycles. The number of rotatable bonds is 5. The minimum absolute atomic E-state index is 0.0166.